The van der Waals surface area contributed by atoms with Crippen molar-refractivity contribution in [2.24, 2.45) is 0 Å². The van der Waals surface area contributed by atoms with Crippen molar-refractivity contribution in [3.05, 3.63) is 59.7 Å². The molecule has 8 heteroatoms. The van der Waals surface area contributed by atoms with Crippen LogP contribution in [0.25, 0.3) is 0 Å². The molecule has 0 heterocycles. The topological polar surface area (TPSA) is 92.8 Å². The molecule has 0 bridgehead atoms. The molecule has 1 aliphatic carbocycles. The second-order valence-corrected chi connectivity index (χ2v) is 9.78. The number of ether oxygens (including phenoxy) is 1. The minimum absolute atomic E-state index is 0.0308. The Hall–Kier alpha value is -2.87. The van der Waals surface area contributed by atoms with Gasteiger partial charge in [0.05, 0.1) is 16.1 Å². The van der Waals surface area contributed by atoms with Gasteiger partial charge in [0.2, 0.25) is 0 Å². The maximum Gasteiger partial charge on any atom is 0.338 e. The number of sulfonamides is 1. The van der Waals surface area contributed by atoms with E-state index < -0.39 is 22.6 Å². The van der Waals surface area contributed by atoms with Crippen molar-refractivity contribution in [2.45, 2.75) is 50.0 Å². The van der Waals surface area contributed by atoms with Crippen LogP contribution in [0.5, 0.6) is 0 Å². The van der Waals surface area contributed by atoms with Gasteiger partial charge in [-0.3, -0.25) is 9.10 Å². The summed E-state index contributed by atoms with van der Waals surface area (Å²) in [5.74, 6) is -1.09. The molecule has 1 amide bonds. The highest BCUT2D eigenvalue weighted by Crippen LogP contribution is 2.23. The Balaban J connectivity index is 1.65. The Kier molecular flexibility index (Phi) is 7.33. The first-order valence-corrected chi connectivity index (χ1v) is 11.8. The molecule has 2 aromatic rings. The summed E-state index contributed by atoms with van der Waals surface area (Å²) in [6.45, 7) is 1.53. The van der Waals surface area contributed by atoms with Gasteiger partial charge in [0, 0.05) is 13.1 Å². The summed E-state index contributed by atoms with van der Waals surface area (Å²) in [4.78, 5) is 24.4. The van der Waals surface area contributed by atoms with Crippen LogP contribution >= 0.6 is 0 Å². The molecule has 0 atom stereocenters. The Morgan fingerprint density at radius 2 is 1.74 bits per heavy atom. The molecule has 0 spiro atoms. The van der Waals surface area contributed by atoms with Gasteiger partial charge in [0.1, 0.15) is 0 Å². The van der Waals surface area contributed by atoms with E-state index in [0.29, 0.717) is 5.69 Å². The maximum absolute atomic E-state index is 13.0. The summed E-state index contributed by atoms with van der Waals surface area (Å²) in [5.41, 5.74) is 1.61. The van der Waals surface area contributed by atoms with Crippen LogP contribution in [0.1, 0.15) is 48.0 Å². The fourth-order valence-electron chi connectivity index (χ4n) is 3.57. The Morgan fingerprint density at radius 1 is 1.06 bits per heavy atom. The van der Waals surface area contributed by atoms with Crippen molar-refractivity contribution in [3.63, 3.8) is 0 Å². The Labute approximate surface area is 183 Å². The van der Waals surface area contributed by atoms with Crippen molar-refractivity contribution in [1.82, 2.24) is 5.32 Å². The molecule has 0 saturated heterocycles. The minimum Gasteiger partial charge on any atom is -0.452 e. The number of anilines is 1. The number of amides is 1. The Morgan fingerprint density at radius 3 is 2.42 bits per heavy atom. The monoisotopic (exact) mass is 444 g/mol. The van der Waals surface area contributed by atoms with Crippen molar-refractivity contribution >= 4 is 27.6 Å². The first-order valence-electron chi connectivity index (χ1n) is 10.4. The van der Waals surface area contributed by atoms with Gasteiger partial charge in [-0.2, -0.15) is 0 Å². The standard InChI is InChI=1S/C23H28N2O5S/c1-17-11-13-20(14-12-17)25(2)31(28,29)21-10-6-7-18(15-21)23(27)30-16-22(26)24-19-8-4-3-5-9-19/h6-7,10-15,19H,3-5,8-9,16H2,1-2H3,(H,24,26). The molecular formula is C23H28N2O5S. The molecule has 1 aliphatic rings. The maximum atomic E-state index is 13.0. The van der Waals surface area contributed by atoms with Crippen LogP contribution in [0.2, 0.25) is 0 Å². The zero-order chi connectivity index (χ0) is 22.4. The summed E-state index contributed by atoms with van der Waals surface area (Å²) in [7, 11) is -2.41. The Bertz CT molecular complexity index is 1030. The van der Waals surface area contributed by atoms with Crippen LogP contribution in [-0.4, -0.2) is 40.0 Å². The van der Waals surface area contributed by atoms with E-state index >= 15 is 0 Å². The summed E-state index contributed by atoms with van der Waals surface area (Å²) >= 11 is 0. The van der Waals surface area contributed by atoms with Crippen LogP contribution in [0.15, 0.2) is 53.4 Å². The van der Waals surface area contributed by atoms with Crippen LogP contribution in [0.3, 0.4) is 0 Å². The molecule has 7 nitrogen and oxygen atoms in total. The molecule has 0 aliphatic heterocycles. The predicted octanol–water partition coefficient (Wildman–Crippen LogP) is 3.43. The highest BCUT2D eigenvalue weighted by atomic mass is 32.2. The lowest BCUT2D eigenvalue weighted by Crippen LogP contribution is -2.38. The number of carbonyl (C=O) groups excluding carboxylic acids is 2. The molecule has 166 valence electrons. The highest BCUT2D eigenvalue weighted by Gasteiger charge is 2.23. The molecule has 1 saturated carbocycles. The van der Waals surface area contributed by atoms with Gasteiger partial charge in [-0.25, -0.2) is 13.2 Å². The fraction of sp³-hybridized carbons (Fsp3) is 0.391. The summed E-state index contributed by atoms with van der Waals surface area (Å²) in [6, 6.07) is 12.9. The third-order valence-electron chi connectivity index (χ3n) is 5.43. The predicted molar refractivity (Wildman–Crippen MR) is 119 cm³/mol. The van der Waals surface area contributed by atoms with Crippen LogP contribution in [-0.2, 0) is 19.6 Å². The molecule has 31 heavy (non-hydrogen) atoms. The quantitative estimate of drug-likeness (QED) is 0.661. The van der Waals surface area contributed by atoms with Gasteiger partial charge in [-0.1, -0.05) is 43.0 Å². The molecule has 0 radical (unpaired) electrons. The largest absolute Gasteiger partial charge is 0.452 e. The molecule has 1 fully saturated rings. The molecule has 3 rings (SSSR count). The number of aryl methyl sites for hydroxylation is 1. The second kappa shape index (κ2) is 9.96. The zero-order valence-corrected chi connectivity index (χ0v) is 18.7. The summed E-state index contributed by atoms with van der Waals surface area (Å²) in [6.07, 6.45) is 5.23. The number of benzene rings is 2. The number of nitrogens with zero attached hydrogens (tertiary/aromatic N) is 1. The lowest BCUT2D eigenvalue weighted by Gasteiger charge is -2.22. The molecular weight excluding hydrogens is 416 g/mol. The number of hydrogen-bond donors (Lipinski definition) is 1. The van der Waals surface area contributed by atoms with Gasteiger partial charge in [0.15, 0.2) is 6.61 Å². The van der Waals surface area contributed by atoms with Crippen LogP contribution < -0.4 is 9.62 Å². The summed E-state index contributed by atoms with van der Waals surface area (Å²) in [5, 5.41) is 2.88. The fourth-order valence-corrected chi connectivity index (χ4v) is 4.81. The average Bonchev–Trinajstić information content (AvgIpc) is 2.78. The third-order valence-corrected chi connectivity index (χ3v) is 7.21. The highest BCUT2D eigenvalue weighted by molar-refractivity contribution is 7.92. The van der Waals surface area contributed by atoms with Crippen molar-refractivity contribution < 1.29 is 22.7 Å². The van der Waals surface area contributed by atoms with Crippen LogP contribution in [0, 0.1) is 6.92 Å². The number of esters is 1. The van der Waals surface area contributed by atoms with E-state index in [9.17, 15) is 18.0 Å². The van der Waals surface area contributed by atoms with E-state index in [2.05, 4.69) is 5.32 Å². The number of nitrogens with one attached hydrogen (secondary N) is 1. The number of carbonyl (C=O) groups is 2. The van der Waals surface area contributed by atoms with E-state index in [1.165, 1.54) is 37.7 Å². The van der Waals surface area contributed by atoms with Gasteiger partial charge < -0.3 is 10.1 Å². The van der Waals surface area contributed by atoms with Crippen molar-refractivity contribution in [3.8, 4) is 0 Å². The van der Waals surface area contributed by atoms with Gasteiger partial charge in [-0.15, -0.1) is 0 Å². The molecule has 0 aromatic heterocycles. The second-order valence-electron chi connectivity index (χ2n) is 7.81. The third kappa shape index (κ3) is 5.85. The first kappa shape index (κ1) is 22.8. The lowest BCUT2D eigenvalue weighted by atomic mass is 9.95. The average molecular weight is 445 g/mol. The van der Waals surface area contributed by atoms with E-state index in [1.807, 2.05) is 19.1 Å². The SMILES string of the molecule is Cc1ccc(N(C)S(=O)(=O)c2cccc(C(=O)OCC(=O)NC3CCCCC3)c2)cc1. The smallest absolute Gasteiger partial charge is 0.338 e. The van der Waals surface area contributed by atoms with Gasteiger partial charge in [0.25, 0.3) is 15.9 Å². The normalized spacial score (nSPS) is 14.6. The number of rotatable bonds is 7. The van der Waals surface area contributed by atoms with E-state index in [4.69, 9.17) is 4.74 Å². The number of hydrogen-bond acceptors (Lipinski definition) is 5. The zero-order valence-electron chi connectivity index (χ0n) is 17.8. The summed E-state index contributed by atoms with van der Waals surface area (Å²) < 4.78 is 32.2. The lowest BCUT2D eigenvalue weighted by molar-refractivity contribution is -0.125. The molecule has 1 N–H and O–H groups in total. The molecule has 2 aromatic carbocycles. The van der Waals surface area contributed by atoms with Crippen molar-refractivity contribution in [2.75, 3.05) is 18.0 Å². The van der Waals surface area contributed by atoms with E-state index in [0.717, 1.165) is 35.6 Å². The van der Waals surface area contributed by atoms with E-state index in [-0.39, 0.29) is 22.4 Å². The van der Waals surface area contributed by atoms with Crippen LogP contribution in [0.4, 0.5) is 5.69 Å². The van der Waals surface area contributed by atoms with Gasteiger partial charge in [-0.05, 0) is 50.1 Å². The minimum atomic E-state index is -3.87. The van der Waals surface area contributed by atoms with Gasteiger partial charge >= 0.3 is 5.97 Å². The first-order chi connectivity index (χ1) is 14.8. The van der Waals surface area contributed by atoms with Crippen molar-refractivity contribution in [1.29, 1.82) is 0 Å². The van der Waals surface area contributed by atoms with E-state index in [1.54, 1.807) is 12.1 Å². The molecule has 0 unspecified atom stereocenters.